The molecule has 1 aliphatic carbocycles. The van der Waals surface area contributed by atoms with Crippen molar-refractivity contribution in [1.29, 1.82) is 0 Å². The number of carbonyl (C=O) groups is 2. The normalized spacial score (nSPS) is 14.5. The molecule has 220 valence electrons. The maximum absolute atomic E-state index is 15.1. The Hall–Kier alpha value is -4.38. The van der Waals surface area contributed by atoms with Crippen LogP contribution < -0.4 is 10.2 Å². The number of amides is 2. The number of aliphatic imine (C=N–C) groups is 1. The van der Waals surface area contributed by atoms with Crippen molar-refractivity contribution in [3.05, 3.63) is 71.5 Å². The molecule has 12 heteroatoms. The van der Waals surface area contributed by atoms with E-state index in [2.05, 4.69) is 33.8 Å². The van der Waals surface area contributed by atoms with Gasteiger partial charge in [-0.3, -0.25) is 19.5 Å². The molecule has 0 radical (unpaired) electrons. The van der Waals surface area contributed by atoms with Crippen LogP contribution in [-0.2, 0) is 15.0 Å². The zero-order valence-electron chi connectivity index (χ0n) is 23.7. The Labute approximate surface area is 249 Å². The molecule has 42 heavy (non-hydrogen) atoms. The minimum absolute atomic E-state index is 0.0298. The third kappa shape index (κ3) is 6.11. The first-order chi connectivity index (χ1) is 20.2. The van der Waals surface area contributed by atoms with E-state index in [-0.39, 0.29) is 39.3 Å². The van der Waals surface area contributed by atoms with Crippen molar-refractivity contribution in [3.63, 3.8) is 0 Å². The fourth-order valence-electron chi connectivity index (χ4n) is 4.86. The second-order valence-electron chi connectivity index (χ2n) is 10.3. The fraction of sp³-hybridized carbons (Fsp3) is 0.333. The molecule has 1 aliphatic rings. The van der Waals surface area contributed by atoms with Gasteiger partial charge in [-0.05, 0) is 44.4 Å². The molecule has 2 N–H and O–H groups in total. The number of aromatic nitrogens is 3. The lowest BCUT2D eigenvalue weighted by atomic mass is 10.0. The molecule has 1 fully saturated rings. The highest BCUT2D eigenvalue weighted by Gasteiger charge is 2.43. The van der Waals surface area contributed by atoms with Crippen LogP contribution in [0.1, 0.15) is 44.4 Å². The van der Waals surface area contributed by atoms with Crippen molar-refractivity contribution in [2.75, 3.05) is 25.0 Å². The lowest BCUT2D eigenvalue weighted by Gasteiger charge is -2.33. The van der Waals surface area contributed by atoms with Gasteiger partial charge in [0.2, 0.25) is 12.8 Å². The molecule has 0 bridgehead atoms. The van der Waals surface area contributed by atoms with Crippen molar-refractivity contribution in [1.82, 2.24) is 25.2 Å². The number of hydrogen-bond acceptors (Lipinski definition) is 7. The molecule has 10 nitrogen and oxygen atoms in total. The minimum atomic E-state index is -0.736. The number of halogens is 2. The summed E-state index contributed by atoms with van der Waals surface area (Å²) in [6.45, 7) is 8.58. The Morgan fingerprint density at radius 3 is 2.74 bits per heavy atom. The lowest BCUT2D eigenvalue weighted by Crippen LogP contribution is -2.45. The zero-order chi connectivity index (χ0) is 30.4. The van der Waals surface area contributed by atoms with E-state index in [1.54, 1.807) is 19.2 Å². The van der Waals surface area contributed by atoms with E-state index in [0.29, 0.717) is 55.1 Å². The van der Waals surface area contributed by atoms with Gasteiger partial charge in [0.25, 0.3) is 0 Å². The van der Waals surface area contributed by atoms with E-state index in [1.807, 2.05) is 11.8 Å². The summed E-state index contributed by atoms with van der Waals surface area (Å²) in [7, 11) is 1.60. The van der Waals surface area contributed by atoms with Gasteiger partial charge in [0.1, 0.15) is 23.7 Å². The second kappa shape index (κ2) is 13.1. The third-order valence-corrected chi connectivity index (χ3v) is 7.66. The summed E-state index contributed by atoms with van der Waals surface area (Å²) in [5.74, 6) is -0.582. The minimum Gasteiger partial charge on any atom is -0.507 e. The Kier molecular flexibility index (Phi) is 9.52. The quantitative estimate of drug-likeness (QED) is 0.127. The van der Waals surface area contributed by atoms with Gasteiger partial charge < -0.3 is 15.3 Å². The van der Waals surface area contributed by atoms with E-state index < -0.39 is 5.82 Å². The summed E-state index contributed by atoms with van der Waals surface area (Å²) in [6.07, 6.45) is 8.31. The lowest BCUT2D eigenvalue weighted by molar-refractivity contribution is -0.109. The summed E-state index contributed by atoms with van der Waals surface area (Å²) in [6, 6.07) is 5.20. The molecule has 2 heterocycles. The fourth-order valence-corrected chi connectivity index (χ4v) is 5.10. The van der Waals surface area contributed by atoms with Crippen molar-refractivity contribution in [2.24, 2.45) is 4.99 Å². The number of anilines is 2. The van der Waals surface area contributed by atoms with Gasteiger partial charge in [-0.15, -0.1) is 6.58 Å². The summed E-state index contributed by atoms with van der Waals surface area (Å²) in [4.78, 5) is 45.2. The molecule has 4 rings (SSSR count). The predicted octanol–water partition coefficient (Wildman–Crippen LogP) is 4.77. The number of benzene rings is 1. The first-order valence-electron chi connectivity index (χ1n) is 13.5. The zero-order valence-corrected chi connectivity index (χ0v) is 24.5. The highest BCUT2D eigenvalue weighted by Crippen LogP contribution is 2.50. The number of amidine groups is 1. The number of rotatable bonds is 13. The molecular formula is C30H33ClFN7O3. The van der Waals surface area contributed by atoms with Gasteiger partial charge in [-0.1, -0.05) is 30.7 Å². The maximum atomic E-state index is 15.1. The summed E-state index contributed by atoms with van der Waals surface area (Å²) in [5, 5.41) is 13.3. The molecule has 0 aliphatic heterocycles. The number of carbonyl (C=O) groups excluding carboxylic acids is 2. The molecule has 1 atom stereocenters. The average Bonchev–Trinajstić information content (AvgIpc) is 3.74. The standard InChI is InChI=1S/C30H33ClFN7O3/c1-5-6-12-38(19(2)14-35-17-40)28(33-4)20-13-21(31)26(25-22(32)8-7-9-24(25)42)37-29(20)39(18-41)23-15-34-16-36-27(23)30(3)10-11-30/h5,7-9,13,15-19,42H,1,6,10-12,14H2,2-4H3,(H,35,40)/b33-28+. The van der Waals surface area contributed by atoms with Crippen LogP contribution in [0.5, 0.6) is 5.75 Å². The van der Waals surface area contributed by atoms with Crippen molar-refractivity contribution in [2.45, 2.75) is 44.6 Å². The third-order valence-electron chi connectivity index (χ3n) is 7.37. The largest absolute Gasteiger partial charge is 0.507 e. The number of pyridine rings is 1. The number of aromatic hydroxyl groups is 1. The van der Waals surface area contributed by atoms with Crippen LogP contribution in [-0.4, -0.2) is 69.8 Å². The first-order valence-corrected chi connectivity index (χ1v) is 13.8. The number of phenols is 1. The molecule has 2 amide bonds. The van der Waals surface area contributed by atoms with E-state index in [9.17, 15) is 14.7 Å². The average molecular weight is 594 g/mol. The van der Waals surface area contributed by atoms with Gasteiger partial charge in [-0.25, -0.2) is 19.3 Å². The van der Waals surface area contributed by atoms with Gasteiger partial charge in [0.05, 0.1) is 39.4 Å². The van der Waals surface area contributed by atoms with Crippen LogP contribution in [0, 0.1) is 5.82 Å². The molecular weight excluding hydrogens is 561 g/mol. The Balaban J connectivity index is 2.00. The van der Waals surface area contributed by atoms with E-state index in [4.69, 9.17) is 16.6 Å². The predicted molar refractivity (Wildman–Crippen MR) is 161 cm³/mol. The van der Waals surface area contributed by atoms with Crippen molar-refractivity contribution >= 4 is 41.8 Å². The number of phenolic OH excluding ortho intramolecular Hbond substituents is 1. The molecule has 0 spiro atoms. The van der Waals surface area contributed by atoms with E-state index in [0.717, 1.165) is 12.8 Å². The topological polar surface area (TPSA) is 124 Å². The van der Waals surface area contributed by atoms with Gasteiger partial charge >= 0.3 is 0 Å². The Bertz CT molecular complexity index is 1490. The van der Waals surface area contributed by atoms with Gasteiger partial charge in [-0.2, -0.15) is 0 Å². The summed E-state index contributed by atoms with van der Waals surface area (Å²) < 4.78 is 15.1. The van der Waals surface area contributed by atoms with Crippen molar-refractivity contribution < 1.29 is 19.1 Å². The second-order valence-corrected chi connectivity index (χ2v) is 10.7. The van der Waals surface area contributed by atoms with Crippen LogP contribution >= 0.6 is 11.6 Å². The SMILES string of the molecule is C=CCCN(/C(=N/C)c1cc(Cl)c(-c2c(O)cccc2F)nc1N(C=O)c1cncnc1C1(C)CC1)C(C)CNC=O. The molecule has 3 aromatic rings. The molecule has 2 aromatic heterocycles. The van der Waals surface area contributed by atoms with Crippen LogP contribution in [0.4, 0.5) is 15.9 Å². The Morgan fingerprint density at radius 1 is 1.36 bits per heavy atom. The molecule has 1 unspecified atom stereocenters. The molecule has 1 saturated carbocycles. The smallest absolute Gasteiger partial charge is 0.220 e. The highest BCUT2D eigenvalue weighted by atomic mass is 35.5. The van der Waals surface area contributed by atoms with Gasteiger partial charge in [0.15, 0.2) is 5.82 Å². The molecule has 1 aromatic carbocycles. The Morgan fingerprint density at radius 2 is 2.12 bits per heavy atom. The first kappa shape index (κ1) is 30.6. The number of nitrogens with zero attached hydrogens (tertiary/aromatic N) is 6. The summed E-state index contributed by atoms with van der Waals surface area (Å²) >= 11 is 6.74. The maximum Gasteiger partial charge on any atom is 0.220 e. The van der Waals surface area contributed by atoms with Crippen LogP contribution in [0.25, 0.3) is 11.3 Å². The summed E-state index contributed by atoms with van der Waals surface area (Å²) in [5.41, 5.74) is 0.943. The van der Waals surface area contributed by atoms with E-state index >= 15 is 4.39 Å². The van der Waals surface area contributed by atoms with Gasteiger partial charge in [0, 0.05) is 31.6 Å². The van der Waals surface area contributed by atoms with Crippen molar-refractivity contribution in [3.8, 4) is 17.0 Å². The van der Waals surface area contributed by atoms with Crippen LogP contribution in [0.3, 0.4) is 0 Å². The highest BCUT2D eigenvalue weighted by molar-refractivity contribution is 6.33. The van der Waals surface area contributed by atoms with E-state index in [1.165, 1.54) is 35.6 Å². The van der Waals surface area contributed by atoms with Crippen LogP contribution in [0.2, 0.25) is 5.02 Å². The number of hydrogen-bond donors (Lipinski definition) is 2. The number of nitrogens with one attached hydrogen (secondary N) is 1. The monoisotopic (exact) mass is 593 g/mol. The van der Waals surface area contributed by atoms with Crippen LogP contribution in [0.15, 0.2) is 54.4 Å². The molecule has 0 saturated heterocycles.